The zero-order chi connectivity index (χ0) is 27.8. The van der Waals surface area contributed by atoms with Crippen molar-refractivity contribution in [1.29, 1.82) is 0 Å². The molecule has 9 nitrogen and oxygen atoms in total. The fraction of sp³-hybridized carbons (Fsp3) is 0.893. The van der Waals surface area contributed by atoms with Crippen molar-refractivity contribution in [2.24, 2.45) is 10.8 Å². The fourth-order valence-electron chi connectivity index (χ4n) is 3.71. The quantitative estimate of drug-likeness (QED) is 0.0557. The van der Waals surface area contributed by atoms with Gasteiger partial charge in [0.2, 0.25) is 0 Å². The van der Waals surface area contributed by atoms with E-state index in [0.29, 0.717) is 6.42 Å². The summed E-state index contributed by atoms with van der Waals surface area (Å²) in [5.74, 6) is -0.405. The SMILES string of the molecule is CCCCCC[C@@H](O)C/C=C\CCCCCCCC(=O)OCC(CO)(CO)COCC(CO)(CO)CO. The zero-order valence-electron chi connectivity index (χ0n) is 23.0. The van der Waals surface area contributed by atoms with Gasteiger partial charge in [-0.05, 0) is 32.1 Å². The second kappa shape index (κ2) is 22.9. The van der Waals surface area contributed by atoms with Gasteiger partial charge in [0.05, 0.1) is 63.2 Å². The Morgan fingerprint density at radius 3 is 1.92 bits per heavy atom. The predicted molar refractivity (Wildman–Crippen MR) is 143 cm³/mol. The normalized spacial score (nSPS) is 13.4. The minimum Gasteiger partial charge on any atom is -0.465 e. The molecular weight excluding hydrogens is 480 g/mol. The molecule has 220 valence electrons. The Hall–Kier alpha value is -1.07. The first-order chi connectivity index (χ1) is 17.9. The summed E-state index contributed by atoms with van der Waals surface area (Å²) in [4.78, 5) is 12.1. The van der Waals surface area contributed by atoms with Crippen LogP contribution in [0.3, 0.4) is 0 Å². The van der Waals surface area contributed by atoms with E-state index in [9.17, 15) is 35.4 Å². The summed E-state index contributed by atoms with van der Waals surface area (Å²) >= 11 is 0. The number of allylic oxidation sites excluding steroid dienone is 1. The van der Waals surface area contributed by atoms with Crippen LogP contribution in [0.5, 0.6) is 0 Å². The molecule has 0 radical (unpaired) electrons. The summed E-state index contributed by atoms with van der Waals surface area (Å²) < 4.78 is 10.7. The van der Waals surface area contributed by atoms with E-state index in [4.69, 9.17) is 9.47 Å². The minimum absolute atomic E-state index is 0.165. The van der Waals surface area contributed by atoms with E-state index in [-0.39, 0.29) is 32.3 Å². The highest BCUT2D eigenvalue weighted by Gasteiger charge is 2.34. The van der Waals surface area contributed by atoms with Gasteiger partial charge in [0.25, 0.3) is 0 Å². The molecule has 0 bridgehead atoms. The third-order valence-electron chi connectivity index (χ3n) is 6.75. The molecule has 0 aliphatic rings. The first kappa shape index (κ1) is 35.9. The molecule has 37 heavy (non-hydrogen) atoms. The summed E-state index contributed by atoms with van der Waals surface area (Å²) in [6.45, 7) is -0.794. The molecule has 0 amide bonds. The number of hydrogen-bond donors (Lipinski definition) is 6. The average Bonchev–Trinajstić information content (AvgIpc) is 2.92. The number of hydrogen-bond acceptors (Lipinski definition) is 9. The maximum absolute atomic E-state index is 12.1. The summed E-state index contributed by atoms with van der Waals surface area (Å²) in [6.07, 6.45) is 16.4. The molecule has 6 N–H and O–H groups in total. The first-order valence-corrected chi connectivity index (χ1v) is 14.0. The van der Waals surface area contributed by atoms with Crippen molar-refractivity contribution in [2.45, 2.75) is 96.5 Å². The number of ether oxygens (including phenoxy) is 2. The van der Waals surface area contributed by atoms with Crippen molar-refractivity contribution < 1.29 is 44.9 Å². The van der Waals surface area contributed by atoms with Crippen molar-refractivity contribution >= 4 is 5.97 Å². The van der Waals surface area contributed by atoms with E-state index in [2.05, 4.69) is 19.1 Å². The van der Waals surface area contributed by atoms with Crippen LogP contribution in [0, 0.1) is 10.8 Å². The molecule has 0 aromatic heterocycles. The van der Waals surface area contributed by atoms with Gasteiger partial charge in [0.15, 0.2) is 0 Å². The lowest BCUT2D eigenvalue weighted by molar-refractivity contribution is -0.154. The summed E-state index contributed by atoms with van der Waals surface area (Å²) in [5.41, 5.74) is -2.43. The van der Waals surface area contributed by atoms with Crippen molar-refractivity contribution in [3.8, 4) is 0 Å². The van der Waals surface area contributed by atoms with Gasteiger partial charge in [-0.3, -0.25) is 4.79 Å². The van der Waals surface area contributed by atoms with Crippen LogP contribution in [-0.2, 0) is 14.3 Å². The van der Waals surface area contributed by atoms with Crippen molar-refractivity contribution in [3.05, 3.63) is 12.2 Å². The summed E-state index contributed by atoms with van der Waals surface area (Å²) in [6, 6.07) is 0. The Morgan fingerprint density at radius 2 is 1.30 bits per heavy atom. The summed E-state index contributed by atoms with van der Waals surface area (Å²) in [7, 11) is 0. The number of aliphatic hydroxyl groups excluding tert-OH is 6. The second-order valence-electron chi connectivity index (χ2n) is 10.5. The highest BCUT2D eigenvalue weighted by Crippen LogP contribution is 2.21. The standard InChI is InChI=1S/C28H54O9/c1-2-3-4-11-14-25(34)15-12-9-7-5-6-8-10-13-16-26(35)37-24-28(20-32,21-33)23-36-22-27(17-29,18-30)19-31/h9,12,25,29-34H,2-8,10-11,13-24H2,1H3/b12-9-/t25-/m1/s1. The number of rotatable bonds is 26. The van der Waals surface area contributed by atoms with Crippen LogP contribution in [0.2, 0.25) is 0 Å². The van der Waals surface area contributed by atoms with Gasteiger partial charge < -0.3 is 40.1 Å². The van der Waals surface area contributed by atoms with Crippen LogP contribution in [0.1, 0.15) is 90.4 Å². The molecule has 0 saturated carbocycles. The van der Waals surface area contributed by atoms with E-state index in [1.54, 1.807) is 0 Å². The van der Waals surface area contributed by atoms with Crippen molar-refractivity contribution in [1.82, 2.24) is 0 Å². The van der Waals surface area contributed by atoms with Gasteiger partial charge in [-0.15, -0.1) is 0 Å². The lowest BCUT2D eigenvalue weighted by Crippen LogP contribution is -2.44. The molecular formula is C28H54O9. The third kappa shape index (κ3) is 17.2. The van der Waals surface area contributed by atoms with Gasteiger partial charge in [-0.2, -0.15) is 0 Å². The Kier molecular flexibility index (Phi) is 22.2. The molecule has 0 rings (SSSR count). The van der Waals surface area contributed by atoms with Crippen LogP contribution in [0.15, 0.2) is 12.2 Å². The number of unbranched alkanes of at least 4 members (excludes halogenated alkanes) is 8. The smallest absolute Gasteiger partial charge is 0.305 e. The highest BCUT2D eigenvalue weighted by molar-refractivity contribution is 5.69. The monoisotopic (exact) mass is 534 g/mol. The molecule has 9 heteroatoms. The topological polar surface area (TPSA) is 157 Å². The largest absolute Gasteiger partial charge is 0.465 e. The molecule has 0 aromatic rings. The van der Waals surface area contributed by atoms with E-state index < -0.39 is 49.8 Å². The maximum Gasteiger partial charge on any atom is 0.305 e. The first-order valence-electron chi connectivity index (χ1n) is 14.0. The molecule has 0 aliphatic carbocycles. The Balaban J connectivity index is 3.97. The van der Waals surface area contributed by atoms with Crippen LogP contribution >= 0.6 is 0 Å². The molecule has 0 saturated heterocycles. The van der Waals surface area contributed by atoms with E-state index in [1.807, 2.05) is 0 Å². The lowest BCUT2D eigenvalue weighted by Gasteiger charge is -2.32. The van der Waals surface area contributed by atoms with Gasteiger partial charge in [0, 0.05) is 6.42 Å². The van der Waals surface area contributed by atoms with Crippen LogP contribution in [0.4, 0.5) is 0 Å². The summed E-state index contributed by atoms with van der Waals surface area (Å²) in [5, 5.41) is 57.5. The molecule has 0 heterocycles. The molecule has 0 spiro atoms. The van der Waals surface area contributed by atoms with Gasteiger partial charge in [0.1, 0.15) is 6.61 Å². The lowest BCUT2D eigenvalue weighted by atomic mass is 9.90. The second-order valence-corrected chi connectivity index (χ2v) is 10.5. The number of esters is 1. The molecule has 0 unspecified atom stereocenters. The van der Waals surface area contributed by atoms with Crippen LogP contribution in [-0.4, -0.2) is 95.6 Å². The number of aliphatic hydroxyl groups is 6. The van der Waals surface area contributed by atoms with Crippen LogP contribution in [0.25, 0.3) is 0 Å². The minimum atomic E-state index is -1.22. The predicted octanol–water partition coefficient (Wildman–Crippen LogP) is 2.49. The maximum atomic E-state index is 12.1. The molecule has 0 aromatic carbocycles. The third-order valence-corrected chi connectivity index (χ3v) is 6.75. The van der Waals surface area contributed by atoms with Gasteiger partial charge >= 0.3 is 5.97 Å². The fourth-order valence-corrected chi connectivity index (χ4v) is 3.71. The van der Waals surface area contributed by atoms with Crippen LogP contribution < -0.4 is 0 Å². The molecule has 1 atom stereocenters. The Labute approximate surface area is 223 Å². The molecule has 0 fully saturated rings. The number of carbonyl (C=O) groups is 1. The molecule has 0 aliphatic heterocycles. The van der Waals surface area contributed by atoms with Crippen molar-refractivity contribution in [3.63, 3.8) is 0 Å². The van der Waals surface area contributed by atoms with Gasteiger partial charge in [-0.1, -0.05) is 64.0 Å². The van der Waals surface area contributed by atoms with E-state index >= 15 is 0 Å². The van der Waals surface area contributed by atoms with E-state index in [0.717, 1.165) is 51.4 Å². The average molecular weight is 535 g/mol. The Morgan fingerprint density at radius 1 is 0.730 bits per heavy atom. The number of carbonyl (C=O) groups excluding carboxylic acids is 1. The van der Waals surface area contributed by atoms with Crippen molar-refractivity contribution in [2.75, 3.05) is 52.9 Å². The Bertz CT molecular complexity index is 552. The zero-order valence-corrected chi connectivity index (χ0v) is 23.0. The van der Waals surface area contributed by atoms with Gasteiger partial charge in [-0.25, -0.2) is 0 Å². The van der Waals surface area contributed by atoms with E-state index in [1.165, 1.54) is 19.3 Å². The highest BCUT2D eigenvalue weighted by atomic mass is 16.5.